The van der Waals surface area contributed by atoms with Crippen LogP contribution in [-0.4, -0.2) is 19.0 Å². The second kappa shape index (κ2) is 6.90. The molecule has 2 rings (SSSR count). The number of benzene rings is 2. The Labute approximate surface area is 127 Å². The number of hydrogen-bond donors (Lipinski definition) is 1. The zero-order valence-corrected chi connectivity index (χ0v) is 12.2. The van der Waals surface area contributed by atoms with Crippen LogP contribution in [0.25, 0.3) is 0 Å². The van der Waals surface area contributed by atoms with E-state index in [0.29, 0.717) is 16.3 Å². The number of methoxy groups -OCH3 is 1. The van der Waals surface area contributed by atoms with Crippen LogP contribution >= 0.6 is 11.6 Å². The van der Waals surface area contributed by atoms with Crippen LogP contribution in [0.4, 0.5) is 5.69 Å². The van der Waals surface area contributed by atoms with Crippen molar-refractivity contribution in [1.29, 1.82) is 0 Å². The Morgan fingerprint density at radius 1 is 1.14 bits per heavy atom. The average molecular weight is 304 g/mol. The van der Waals surface area contributed by atoms with Crippen LogP contribution in [0.3, 0.4) is 0 Å². The first kappa shape index (κ1) is 15.1. The number of esters is 1. The summed E-state index contributed by atoms with van der Waals surface area (Å²) in [6.07, 6.45) is 0.211. The third kappa shape index (κ3) is 4.33. The van der Waals surface area contributed by atoms with Gasteiger partial charge in [0.25, 0.3) is 0 Å². The van der Waals surface area contributed by atoms with E-state index in [9.17, 15) is 9.59 Å². The summed E-state index contributed by atoms with van der Waals surface area (Å²) < 4.78 is 4.64. The maximum Gasteiger partial charge on any atom is 0.337 e. The lowest BCUT2D eigenvalue weighted by molar-refractivity contribution is -0.115. The summed E-state index contributed by atoms with van der Waals surface area (Å²) in [4.78, 5) is 23.4. The van der Waals surface area contributed by atoms with E-state index < -0.39 is 5.97 Å². The first-order chi connectivity index (χ1) is 10.1. The molecular formula is C16H14ClNO3. The standard InChI is InChI=1S/C16H14ClNO3/c1-21-16(20)12-5-3-7-14(10-12)18-15(19)9-11-4-2-6-13(17)8-11/h2-8,10H,9H2,1H3,(H,18,19). The molecule has 0 spiro atoms. The summed E-state index contributed by atoms with van der Waals surface area (Å²) in [6, 6.07) is 13.7. The molecule has 0 atom stereocenters. The van der Waals surface area contributed by atoms with Crippen molar-refractivity contribution < 1.29 is 14.3 Å². The molecule has 5 heteroatoms. The van der Waals surface area contributed by atoms with Crippen LogP contribution in [0.5, 0.6) is 0 Å². The highest BCUT2D eigenvalue weighted by molar-refractivity contribution is 6.30. The maximum atomic E-state index is 12.0. The molecule has 0 saturated carbocycles. The highest BCUT2D eigenvalue weighted by atomic mass is 35.5. The fourth-order valence-electron chi connectivity index (χ4n) is 1.88. The van der Waals surface area contributed by atoms with E-state index in [1.54, 1.807) is 42.5 Å². The van der Waals surface area contributed by atoms with E-state index in [0.717, 1.165) is 5.56 Å². The molecule has 0 aliphatic heterocycles. The molecule has 0 aliphatic rings. The van der Waals surface area contributed by atoms with Gasteiger partial charge >= 0.3 is 5.97 Å². The number of halogens is 1. The minimum atomic E-state index is -0.444. The zero-order valence-electron chi connectivity index (χ0n) is 11.4. The number of anilines is 1. The SMILES string of the molecule is COC(=O)c1cccc(NC(=O)Cc2cccc(Cl)c2)c1. The third-order valence-electron chi connectivity index (χ3n) is 2.82. The van der Waals surface area contributed by atoms with Crippen molar-refractivity contribution in [2.45, 2.75) is 6.42 Å². The predicted octanol–water partition coefficient (Wildman–Crippen LogP) is 3.31. The highest BCUT2D eigenvalue weighted by Crippen LogP contribution is 2.14. The van der Waals surface area contributed by atoms with Crippen molar-refractivity contribution in [1.82, 2.24) is 0 Å². The number of carbonyl (C=O) groups excluding carboxylic acids is 2. The molecule has 1 amide bonds. The molecule has 0 heterocycles. The van der Waals surface area contributed by atoms with Gasteiger partial charge in [0.1, 0.15) is 0 Å². The second-order valence-corrected chi connectivity index (χ2v) is 4.86. The van der Waals surface area contributed by atoms with E-state index >= 15 is 0 Å². The van der Waals surface area contributed by atoms with Gasteiger partial charge in [0.15, 0.2) is 0 Å². The van der Waals surface area contributed by atoms with Gasteiger partial charge in [-0.05, 0) is 35.9 Å². The molecule has 0 saturated heterocycles. The van der Waals surface area contributed by atoms with E-state index in [1.807, 2.05) is 6.07 Å². The fraction of sp³-hybridized carbons (Fsp3) is 0.125. The Morgan fingerprint density at radius 3 is 2.62 bits per heavy atom. The monoisotopic (exact) mass is 303 g/mol. The first-order valence-corrected chi connectivity index (χ1v) is 6.69. The van der Waals surface area contributed by atoms with Crippen molar-refractivity contribution in [3.8, 4) is 0 Å². The van der Waals surface area contributed by atoms with Crippen molar-refractivity contribution >= 4 is 29.2 Å². The van der Waals surface area contributed by atoms with Crippen molar-refractivity contribution in [2.24, 2.45) is 0 Å². The van der Waals surface area contributed by atoms with E-state index in [4.69, 9.17) is 11.6 Å². The third-order valence-corrected chi connectivity index (χ3v) is 3.06. The summed E-state index contributed by atoms with van der Waals surface area (Å²) in [6.45, 7) is 0. The Bertz CT molecular complexity index is 670. The summed E-state index contributed by atoms with van der Waals surface area (Å²) >= 11 is 5.88. The van der Waals surface area contributed by atoms with Gasteiger partial charge in [-0.15, -0.1) is 0 Å². The quantitative estimate of drug-likeness (QED) is 0.882. The minimum Gasteiger partial charge on any atom is -0.465 e. The predicted molar refractivity (Wildman–Crippen MR) is 81.6 cm³/mol. The molecule has 108 valence electrons. The summed E-state index contributed by atoms with van der Waals surface area (Å²) in [5.74, 6) is -0.625. The van der Waals surface area contributed by atoms with Gasteiger partial charge in [0.05, 0.1) is 19.1 Å². The number of rotatable bonds is 4. The number of nitrogens with one attached hydrogen (secondary N) is 1. The lowest BCUT2D eigenvalue weighted by atomic mass is 10.1. The van der Waals surface area contributed by atoms with Gasteiger partial charge < -0.3 is 10.1 Å². The lowest BCUT2D eigenvalue weighted by Gasteiger charge is -2.07. The van der Waals surface area contributed by atoms with Crippen LogP contribution in [0.15, 0.2) is 48.5 Å². The second-order valence-electron chi connectivity index (χ2n) is 4.43. The Balaban J connectivity index is 2.04. The number of amides is 1. The number of hydrogen-bond acceptors (Lipinski definition) is 3. The van der Waals surface area contributed by atoms with Crippen molar-refractivity contribution in [3.05, 3.63) is 64.7 Å². The van der Waals surface area contributed by atoms with Gasteiger partial charge in [-0.2, -0.15) is 0 Å². The summed E-state index contributed by atoms with van der Waals surface area (Å²) in [5, 5.41) is 3.33. The highest BCUT2D eigenvalue weighted by Gasteiger charge is 2.08. The molecule has 4 nitrogen and oxygen atoms in total. The molecule has 0 fully saturated rings. The van der Waals surface area contributed by atoms with Gasteiger partial charge in [-0.1, -0.05) is 29.8 Å². The molecule has 0 aromatic heterocycles. The average Bonchev–Trinajstić information content (AvgIpc) is 2.46. The molecule has 0 aliphatic carbocycles. The van der Waals surface area contributed by atoms with Crippen LogP contribution in [-0.2, 0) is 16.0 Å². The van der Waals surface area contributed by atoms with Crippen molar-refractivity contribution in [3.63, 3.8) is 0 Å². The van der Waals surface area contributed by atoms with Crippen LogP contribution < -0.4 is 5.32 Å². The Hall–Kier alpha value is -2.33. The zero-order chi connectivity index (χ0) is 15.2. The van der Waals surface area contributed by atoms with Gasteiger partial charge in [0.2, 0.25) is 5.91 Å². The molecule has 1 N–H and O–H groups in total. The summed E-state index contributed by atoms with van der Waals surface area (Å²) in [7, 11) is 1.31. The molecular weight excluding hydrogens is 290 g/mol. The van der Waals surface area contributed by atoms with Crippen LogP contribution in [0.1, 0.15) is 15.9 Å². The topological polar surface area (TPSA) is 55.4 Å². The van der Waals surface area contributed by atoms with Crippen LogP contribution in [0, 0.1) is 0 Å². The van der Waals surface area contributed by atoms with E-state index in [2.05, 4.69) is 10.1 Å². The summed E-state index contributed by atoms with van der Waals surface area (Å²) in [5.41, 5.74) is 1.76. The first-order valence-electron chi connectivity index (χ1n) is 6.31. The normalized spacial score (nSPS) is 10.0. The molecule has 0 bridgehead atoms. The number of carbonyl (C=O) groups is 2. The molecule has 2 aromatic carbocycles. The van der Waals surface area contributed by atoms with Gasteiger partial charge in [-0.25, -0.2) is 4.79 Å². The Morgan fingerprint density at radius 2 is 1.90 bits per heavy atom. The molecule has 2 aromatic rings. The van der Waals surface area contributed by atoms with Crippen molar-refractivity contribution in [2.75, 3.05) is 12.4 Å². The fourth-order valence-corrected chi connectivity index (χ4v) is 2.09. The van der Waals surface area contributed by atoms with E-state index in [1.165, 1.54) is 7.11 Å². The Kier molecular flexibility index (Phi) is 4.95. The van der Waals surface area contributed by atoms with E-state index in [-0.39, 0.29) is 12.3 Å². The smallest absolute Gasteiger partial charge is 0.337 e. The minimum absolute atomic E-state index is 0.181. The molecule has 0 unspecified atom stereocenters. The molecule has 21 heavy (non-hydrogen) atoms. The largest absolute Gasteiger partial charge is 0.465 e. The maximum absolute atomic E-state index is 12.0. The van der Waals surface area contributed by atoms with Crippen LogP contribution in [0.2, 0.25) is 5.02 Å². The van der Waals surface area contributed by atoms with Gasteiger partial charge in [-0.3, -0.25) is 4.79 Å². The number of ether oxygens (including phenoxy) is 1. The molecule has 0 radical (unpaired) electrons. The van der Waals surface area contributed by atoms with Gasteiger partial charge in [0, 0.05) is 10.7 Å². The lowest BCUT2D eigenvalue weighted by Crippen LogP contribution is -2.14.